The van der Waals surface area contributed by atoms with E-state index in [9.17, 15) is 49.4 Å². The minimum absolute atomic E-state index is 0. The number of rotatable bonds is 11. The number of carboxylic acids is 1. The quantitative estimate of drug-likeness (QED) is 0.133. The average molecular weight is 695 g/mol. The molecule has 0 saturated heterocycles. The fourth-order valence-corrected chi connectivity index (χ4v) is 4.52. The minimum atomic E-state index is -5.14. The van der Waals surface area contributed by atoms with Crippen LogP contribution in [0.4, 0.5) is 45.5 Å². The topological polar surface area (TPSA) is 91.3 Å². The van der Waals surface area contributed by atoms with Crippen LogP contribution in [-0.2, 0) is 36.4 Å². The smallest absolute Gasteiger partial charge is 0.550 e. The van der Waals surface area contributed by atoms with E-state index in [1.165, 1.54) is 12.3 Å². The number of anilines is 1. The molecule has 0 saturated carbocycles. The Kier molecular flexibility index (Phi) is 12.5. The molecular formula is C31H24F9N4NaO3. The van der Waals surface area contributed by atoms with E-state index in [1.54, 1.807) is 19.1 Å². The molecule has 17 heteroatoms. The van der Waals surface area contributed by atoms with Gasteiger partial charge in [0, 0.05) is 30.8 Å². The number of carbonyl (C=O) groups is 1. The average Bonchev–Trinajstić information content (AvgIpc) is 2.98. The third kappa shape index (κ3) is 10.6. The van der Waals surface area contributed by atoms with Crippen LogP contribution in [0.1, 0.15) is 46.2 Å². The molecule has 4 rings (SSSR count). The van der Waals surface area contributed by atoms with Gasteiger partial charge in [-0.2, -0.15) is 39.5 Å². The second-order valence-corrected chi connectivity index (χ2v) is 10.4. The predicted octanol–water partition coefficient (Wildman–Crippen LogP) is 4.02. The van der Waals surface area contributed by atoms with Crippen LogP contribution < -0.4 is 44.3 Å². The molecule has 0 radical (unpaired) electrons. The molecule has 0 atom stereocenters. The molecule has 0 aliphatic rings. The van der Waals surface area contributed by atoms with E-state index in [-0.39, 0.29) is 83.6 Å². The van der Waals surface area contributed by atoms with Crippen molar-refractivity contribution in [2.75, 3.05) is 11.5 Å². The molecular weight excluding hydrogens is 670 g/mol. The van der Waals surface area contributed by atoms with E-state index in [0.29, 0.717) is 12.1 Å². The zero-order valence-electron chi connectivity index (χ0n) is 25.3. The van der Waals surface area contributed by atoms with Gasteiger partial charge in [-0.15, -0.1) is 0 Å². The van der Waals surface area contributed by atoms with Gasteiger partial charge in [0.2, 0.25) is 5.95 Å². The van der Waals surface area contributed by atoms with Crippen molar-refractivity contribution >= 4 is 11.9 Å². The van der Waals surface area contributed by atoms with Gasteiger partial charge in [0.05, 0.1) is 41.4 Å². The number of aryl methyl sites for hydroxylation is 1. The maximum absolute atomic E-state index is 13.8. The third-order valence-corrected chi connectivity index (χ3v) is 6.70. The Hall–Kier alpha value is -3.89. The van der Waals surface area contributed by atoms with Crippen LogP contribution >= 0.6 is 0 Å². The number of ether oxygens (including phenoxy) is 1. The molecule has 2 aromatic carbocycles. The van der Waals surface area contributed by atoms with Crippen molar-refractivity contribution in [3.05, 3.63) is 101 Å². The van der Waals surface area contributed by atoms with Gasteiger partial charge in [0.25, 0.3) is 0 Å². The molecule has 2 aromatic heterocycles. The molecule has 0 spiro atoms. The van der Waals surface area contributed by atoms with Crippen LogP contribution in [0.15, 0.2) is 67.1 Å². The number of halogens is 9. The Bertz CT molecular complexity index is 1680. The van der Waals surface area contributed by atoms with Gasteiger partial charge in [0.15, 0.2) is 5.75 Å². The van der Waals surface area contributed by atoms with Gasteiger partial charge in [-0.05, 0) is 78.9 Å². The number of hydrogen-bond acceptors (Lipinski definition) is 7. The predicted molar refractivity (Wildman–Crippen MR) is 148 cm³/mol. The van der Waals surface area contributed by atoms with Crippen LogP contribution in [0, 0.1) is 6.92 Å². The first kappa shape index (κ1) is 38.6. The van der Waals surface area contributed by atoms with Crippen LogP contribution in [0.25, 0.3) is 11.3 Å². The van der Waals surface area contributed by atoms with Crippen molar-refractivity contribution in [1.29, 1.82) is 0 Å². The van der Waals surface area contributed by atoms with Crippen molar-refractivity contribution in [1.82, 2.24) is 15.0 Å². The Labute approximate surface area is 290 Å². The Morgan fingerprint density at radius 2 is 1.40 bits per heavy atom. The number of carboxylic acid groups (broad SMARTS) is 1. The van der Waals surface area contributed by atoms with Crippen molar-refractivity contribution in [3.63, 3.8) is 0 Å². The fourth-order valence-electron chi connectivity index (χ4n) is 4.52. The monoisotopic (exact) mass is 694 g/mol. The van der Waals surface area contributed by atoms with Crippen LogP contribution in [0.2, 0.25) is 0 Å². The maximum atomic E-state index is 13.8. The Balaban J connectivity index is 0.00000625. The number of nitrogens with zero attached hydrogens (tertiary/aromatic N) is 4. The number of aromatic nitrogens is 3. The summed E-state index contributed by atoms with van der Waals surface area (Å²) < 4.78 is 128. The van der Waals surface area contributed by atoms with Crippen LogP contribution in [0.5, 0.6) is 5.75 Å². The molecule has 0 N–H and O–H groups in total. The molecule has 0 aliphatic carbocycles. The van der Waals surface area contributed by atoms with Crippen LogP contribution in [0.3, 0.4) is 0 Å². The van der Waals surface area contributed by atoms with Gasteiger partial charge in [-0.3, -0.25) is 4.98 Å². The normalized spacial score (nSPS) is 12.0. The van der Waals surface area contributed by atoms with E-state index < -0.39 is 59.8 Å². The summed E-state index contributed by atoms with van der Waals surface area (Å²) in [6.45, 7) is 0.471. The molecule has 0 unspecified atom stereocenters. The van der Waals surface area contributed by atoms with Crippen molar-refractivity contribution < 1.29 is 83.7 Å². The largest absolute Gasteiger partial charge is 1.00 e. The summed E-state index contributed by atoms with van der Waals surface area (Å²) >= 11 is 0. The van der Waals surface area contributed by atoms with Crippen molar-refractivity contribution in [2.45, 2.75) is 51.4 Å². The molecule has 7 nitrogen and oxygen atoms in total. The number of carbonyl (C=O) groups excluding carboxylic acids is 1. The molecule has 0 aliphatic heterocycles. The second-order valence-electron chi connectivity index (χ2n) is 10.4. The van der Waals surface area contributed by atoms with E-state index in [2.05, 4.69) is 15.0 Å². The Morgan fingerprint density at radius 3 is 1.94 bits per heavy atom. The standard InChI is InChI=1S/C31H25F9N4O3.Na/c1-18-6-7-41-26(9-18)25-5-4-21(29(32,33)34)12-20(25)17-44(28-42-14-24(15-43-28)47-8-2-3-27(45)46)16-19-10-22(30(35,36)37)13-23(11-19)31(38,39)40;/h4-7,9-15H,2-3,8,16-17H2,1H3,(H,45,46);/q;+1/p-1. The van der Waals surface area contributed by atoms with Crippen molar-refractivity contribution in [3.8, 4) is 17.0 Å². The first-order valence-corrected chi connectivity index (χ1v) is 13.7. The van der Waals surface area contributed by atoms with Gasteiger partial charge >= 0.3 is 48.1 Å². The SMILES string of the molecule is Cc1ccnc(-c2ccc(C(F)(F)F)cc2CN(Cc2cc(C(F)(F)F)cc(C(F)(F)F)c2)c2ncc(OCCCC(=O)[O-])cn2)c1.[Na+]. The number of pyridine rings is 1. The summed E-state index contributed by atoms with van der Waals surface area (Å²) in [6.07, 6.45) is -11.6. The first-order chi connectivity index (χ1) is 21.9. The van der Waals surface area contributed by atoms with E-state index in [4.69, 9.17) is 4.74 Å². The summed E-state index contributed by atoms with van der Waals surface area (Å²) in [4.78, 5) is 24.1. The summed E-state index contributed by atoms with van der Waals surface area (Å²) in [5, 5.41) is 10.6. The number of hydrogen-bond donors (Lipinski definition) is 0. The van der Waals surface area contributed by atoms with Gasteiger partial charge in [-0.25, -0.2) is 9.97 Å². The number of alkyl halides is 9. The summed E-state index contributed by atoms with van der Waals surface area (Å²) in [7, 11) is 0. The van der Waals surface area contributed by atoms with Crippen molar-refractivity contribution in [2.24, 2.45) is 0 Å². The summed E-state index contributed by atoms with van der Waals surface area (Å²) in [6, 6.07) is 7.05. The molecule has 48 heavy (non-hydrogen) atoms. The maximum Gasteiger partial charge on any atom is 1.00 e. The summed E-state index contributed by atoms with van der Waals surface area (Å²) in [5.74, 6) is -1.51. The first-order valence-electron chi connectivity index (χ1n) is 13.7. The molecule has 0 amide bonds. The van der Waals surface area contributed by atoms with E-state index in [1.807, 2.05) is 0 Å². The van der Waals surface area contributed by atoms with E-state index in [0.717, 1.165) is 35.0 Å². The zero-order valence-corrected chi connectivity index (χ0v) is 27.3. The number of benzene rings is 2. The molecule has 250 valence electrons. The Morgan fingerprint density at radius 1 is 0.792 bits per heavy atom. The molecule has 4 aromatic rings. The number of aliphatic carboxylic acids is 1. The van der Waals surface area contributed by atoms with Gasteiger partial charge in [0.1, 0.15) is 0 Å². The van der Waals surface area contributed by atoms with Crippen LogP contribution in [-0.4, -0.2) is 27.5 Å². The fraction of sp³-hybridized carbons (Fsp3) is 0.290. The second kappa shape index (κ2) is 15.6. The minimum Gasteiger partial charge on any atom is -0.550 e. The summed E-state index contributed by atoms with van der Waals surface area (Å²) in [5.41, 5.74) is -3.48. The van der Waals surface area contributed by atoms with E-state index >= 15 is 0 Å². The van der Waals surface area contributed by atoms with Gasteiger partial charge in [-0.1, -0.05) is 6.07 Å². The molecule has 2 heterocycles. The van der Waals surface area contributed by atoms with Gasteiger partial charge < -0.3 is 19.5 Å². The molecule has 0 bridgehead atoms. The molecule has 0 fully saturated rings. The zero-order chi connectivity index (χ0) is 34.6. The third-order valence-electron chi connectivity index (χ3n) is 6.70.